The second-order valence-electron chi connectivity index (χ2n) is 8.52. The van der Waals surface area contributed by atoms with E-state index in [0.29, 0.717) is 17.0 Å². The molecule has 3 N–H and O–H groups in total. The largest absolute Gasteiger partial charge is 0.481 e. The lowest BCUT2D eigenvalue weighted by Crippen LogP contribution is -2.36. The smallest absolute Gasteiger partial charge is 0.407 e. The van der Waals surface area contributed by atoms with Gasteiger partial charge in [0.25, 0.3) is 0 Å². The van der Waals surface area contributed by atoms with Crippen LogP contribution in [-0.4, -0.2) is 47.7 Å². The molecular weight excluding hydrogens is 444 g/mol. The molecular formula is C28H26N2O5. The Kier molecular flexibility index (Phi) is 6.35. The highest BCUT2D eigenvalue weighted by atomic mass is 16.5. The van der Waals surface area contributed by atoms with E-state index in [1.165, 1.54) is 0 Å². The lowest BCUT2D eigenvalue weighted by atomic mass is 9.98. The Bertz CT molecular complexity index is 1330. The summed E-state index contributed by atoms with van der Waals surface area (Å²) in [4.78, 5) is 16.7. The molecule has 1 aliphatic carbocycles. The van der Waals surface area contributed by atoms with Gasteiger partial charge in [-0.25, -0.2) is 9.78 Å². The average molecular weight is 471 g/mol. The predicted molar refractivity (Wildman–Crippen MR) is 132 cm³/mol. The van der Waals surface area contributed by atoms with Crippen LogP contribution in [0.1, 0.15) is 28.7 Å². The summed E-state index contributed by atoms with van der Waals surface area (Å²) in [5.41, 5.74) is 5.79. The maximum atomic E-state index is 12.4. The van der Waals surface area contributed by atoms with Crippen molar-refractivity contribution in [2.24, 2.45) is 0 Å². The quantitative estimate of drug-likeness (QED) is 0.375. The van der Waals surface area contributed by atoms with E-state index in [9.17, 15) is 15.0 Å². The van der Waals surface area contributed by atoms with Crippen LogP contribution in [0, 0.1) is 0 Å². The minimum Gasteiger partial charge on any atom is -0.481 e. The summed E-state index contributed by atoms with van der Waals surface area (Å²) in [6, 6.07) is 25.0. The molecule has 5 rings (SSSR count). The van der Waals surface area contributed by atoms with Crippen LogP contribution >= 0.6 is 0 Å². The molecule has 178 valence electrons. The fourth-order valence-corrected chi connectivity index (χ4v) is 4.59. The molecule has 1 aliphatic rings. The maximum absolute atomic E-state index is 12.4. The molecule has 0 saturated carbocycles. The van der Waals surface area contributed by atoms with Crippen LogP contribution in [0.25, 0.3) is 22.0 Å². The number of amides is 1. The molecule has 0 aliphatic heterocycles. The number of carbonyl (C=O) groups is 1. The summed E-state index contributed by atoms with van der Waals surface area (Å²) >= 11 is 0. The van der Waals surface area contributed by atoms with E-state index in [2.05, 4.69) is 34.6 Å². The normalized spacial score (nSPS) is 14.1. The molecule has 0 spiro atoms. The third kappa shape index (κ3) is 4.56. The fraction of sp³-hybridized carbons (Fsp3) is 0.214. The Hall–Kier alpha value is -3.94. The van der Waals surface area contributed by atoms with Crippen LogP contribution in [0.5, 0.6) is 5.88 Å². The van der Waals surface area contributed by atoms with Gasteiger partial charge < -0.3 is 25.0 Å². The highest BCUT2D eigenvalue weighted by molar-refractivity contribution is 5.80. The van der Waals surface area contributed by atoms with E-state index >= 15 is 0 Å². The summed E-state index contributed by atoms with van der Waals surface area (Å²) in [6.45, 7) is 0.0242. The number of aliphatic hydroxyl groups excluding tert-OH is 2. The number of aromatic nitrogens is 1. The first-order chi connectivity index (χ1) is 17.0. The molecule has 0 bridgehead atoms. The highest BCUT2D eigenvalue weighted by Gasteiger charge is 2.29. The van der Waals surface area contributed by atoms with E-state index in [-0.39, 0.29) is 19.1 Å². The summed E-state index contributed by atoms with van der Waals surface area (Å²) in [5.74, 6) is 0.451. The van der Waals surface area contributed by atoms with Crippen molar-refractivity contribution in [2.75, 3.05) is 20.3 Å². The zero-order valence-corrected chi connectivity index (χ0v) is 19.2. The van der Waals surface area contributed by atoms with Gasteiger partial charge in [0.1, 0.15) is 18.8 Å². The van der Waals surface area contributed by atoms with Gasteiger partial charge in [-0.05, 0) is 46.0 Å². The topological polar surface area (TPSA) is 101 Å². The van der Waals surface area contributed by atoms with Crippen LogP contribution in [0.4, 0.5) is 4.79 Å². The van der Waals surface area contributed by atoms with Gasteiger partial charge in [0.05, 0.1) is 12.6 Å². The Morgan fingerprint density at radius 1 is 0.971 bits per heavy atom. The minimum atomic E-state index is -1.21. The first kappa shape index (κ1) is 22.8. The van der Waals surface area contributed by atoms with Crippen LogP contribution in [0.2, 0.25) is 0 Å². The van der Waals surface area contributed by atoms with E-state index in [1.54, 1.807) is 31.4 Å². The summed E-state index contributed by atoms with van der Waals surface area (Å²) in [7, 11) is 1.55. The number of nitrogens with zero attached hydrogens (tertiary/aromatic N) is 1. The third-order valence-electron chi connectivity index (χ3n) is 6.40. The van der Waals surface area contributed by atoms with E-state index in [0.717, 1.165) is 27.6 Å². The molecule has 0 saturated heterocycles. The standard InChI is InChI=1S/C28H26N2O5/c1-34-26-13-11-17-14-18(10-12-24(17)30-26)27(32)25(31)15-29-28(33)35-16-23-21-8-4-2-6-19(21)20-7-3-5-9-22(20)23/h2-14,23,25,27,31-32H,15-16H2,1H3,(H,29,33). The van der Waals surface area contributed by atoms with Gasteiger partial charge in [0.2, 0.25) is 5.88 Å². The second kappa shape index (κ2) is 9.74. The third-order valence-corrected chi connectivity index (χ3v) is 6.40. The van der Waals surface area contributed by atoms with Crippen molar-refractivity contribution in [3.8, 4) is 17.0 Å². The van der Waals surface area contributed by atoms with Gasteiger partial charge in [0.15, 0.2) is 0 Å². The number of pyridine rings is 1. The first-order valence-electron chi connectivity index (χ1n) is 11.4. The number of methoxy groups -OCH3 is 1. The van der Waals surface area contributed by atoms with Crippen molar-refractivity contribution in [3.63, 3.8) is 0 Å². The fourth-order valence-electron chi connectivity index (χ4n) is 4.59. The zero-order chi connectivity index (χ0) is 24.4. The first-order valence-corrected chi connectivity index (χ1v) is 11.4. The number of aliphatic hydroxyl groups is 2. The molecule has 7 nitrogen and oxygen atoms in total. The number of alkyl carbamates (subject to hydrolysis) is 1. The second-order valence-corrected chi connectivity index (χ2v) is 8.52. The van der Waals surface area contributed by atoms with Crippen molar-refractivity contribution in [3.05, 3.63) is 95.6 Å². The summed E-state index contributed by atoms with van der Waals surface area (Å²) in [5, 5.41) is 24.4. The van der Waals surface area contributed by atoms with E-state index in [4.69, 9.17) is 9.47 Å². The van der Waals surface area contributed by atoms with Gasteiger partial charge >= 0.3 is 6.09 Å². The molecule has 0 fully saturated rings. The van der Waals surface area contributed by atoms with Gasteiger partial charge in [-0.15, -0.1) is 0 Å². The molecule has 1 aromatic heterocycles. The SMILES string of the molecule is COc1ccc2cc(C(O)C(O)CNC(=O)OCC3c4ccccc4-c4ccccc43)ccc2n1. The average Bonchev–Trinajstić information content (AvgIpc) is 3.23. The van der Waals surface area contributed by atoms with Crippen LogP contribution in [0.3, 0.4) is 0 Å². The predicted octanol–water partition coefficient (Wildman–Crippen LogP) is 4.18. The van der Waals surface area contributed by atoms with Crippen molar-refractivity contribution >= 4 is 17.0 Å². The number of rotatable bonds is 7. The minimum absolute atomic E-state index is 0.0477. The number of nitrogens with one attached hydrogen (secondary N) is 1. The van der Waals surface area contributed by atoms with Crippen LogP contribution in [0.15, 0.2) is 78.9 Å². The van der Waals surface area contributed by atoms with Crippen molar-refractivity contribution < 1.29 is 24.5 Å². The molecule has 2 unspecified atom stereocenters. The molecule has 2 atom stereocenters. The van der Waals surface area contributed by atoms with Crippen LogP contribution in [-0.2, 0) is 4.74 Å². The van der Waals surface area contributed by atoms with E-state index < -0.39 is 18.3 Å². The number of ether oxygens (including phenoxy) is 2. The Morgan fingerprint density at radius 2 is 1.66 bits per heavy atom. The number of hydrogen-bond acceptors (Lipinski definition) is 6. The summed E-state index contributed by atoms with van der Waals surface area (Å²) in [6.07, 6.45) is -3.04. The molecule has 0 radical (unpaired) electrons. The molecule has 1 amide bonds. The van der Waals surface area contributed by atoms with E-state index in [1.807, 2.05) is 30.3 Å². The maximum Gasteiger partial charge on any atom is 0.407 e. The van der Waals surface area contributed by atoms with Crippen molar-refractivity contribution in [2.45, 2.75) is 18.1 Å². The van der Waals surface area contributed by atoms with Gasteiger partial charge in [-0.1, -0.05) is 54.6 Å². The molecule has 3 aromatic carbocycles. The van der Waals surface area contributed by atoms with Gasteiger partial charge in [0, 0.05) is 23.9 Å². The lowest BCUT2D eigenvalue weighted by molar-refractivity contribution is 0.0186. The summed E-state index contributed by atoms with van der Waals surface area (Å²) < 4.78 is 10.6. The van der Waals surface area contributed by atoms with Crippen molar-refractivity contribution in [1.82, 2.24) is 10.3 Å². The lowest BCUT2D eigenvalue weighted by Gasteiger charge is -2.20. The Morgan fingerprint density at radius 3 is 2.34 bits per heavy atom. The molecule has 7 heteroatoms. The van der Waals surface area contributed by atoms with Crippen molar-refractivity contribution in [1.29, 1.82) is 0 Å². The Balaban J connectivity index is 1.18. The highest BCUT2D eigenvalue weighted by Crippen LogP contribution is 2.44. The number of fused-ring (bicyclic) bond motifs is 4. The zero-order valence-electron chi connectivity index (χ0n) is 19.2. The molecule has 35 heavy (non-hydrogen) atoms. The number of hydrogen-bond donors (Lipinski definition) is 3. The molecule has 4 aromatic rings. The van der Waals surface area contributed by atoms with Gasteiger partial charge in [-0.3, -0.25) is 0 Å². The number of benzene rings is 3. The molecule has 1 heterocycles. The monoisotopic (exact) mass is 470 g/mol. The number of carbonyl (C=O) groups excluding carboxylic acids is 1. The Labute approximate surface area is 203 Å². The van der Waals surface area contributed by atoms with Gasteiger partial charge in [-0.2, -0.15) is 0 Å². The van der Waals surface area contributed by atoms with Crippen LogP contribution < -0.4 is 10.1 Å².